The van der Waals surface area contributed by atoms with Crippen LogP contribution in [0.2, 0.25) is 0 Å². The fraction of sp³-hybridized carbons (Fsp3) is 0.400. The van der Waals surface area contributed by atoms with Gasteiger partial charge in [-0.1, -0.05) is 11.8 Å². The lowest BCUT2D eigenvalue weighted by molar-refractivity contribution is -0.113. The molecule has 0 spiro atoms. The van der Waals surface area contributed by atoms with Crippen molar-refractivity contribution in [2.45, 2.75) is 24.0 Å². The van der Waals surface area contributed by atoms with Crippen LogP contribution in [-0.4, -0.2) is 40.5 Å². The third-order valence-electron chi connectivity index (χ3n) is 3.58. The lowest BCUT2D eigenvalue weighted by Crippen LogP contribution is -2.18. The van der Waals surface area contributed by atoms with Crippen LogP contribution in [0.4, 0.5) is 11.4 Å². The molecule has 2 N–H and O–H groups in total. The maximum Gasteiger partial charge on any atom is 0.344 e. The van der Waals surface area contributed by atoms with Crippen LogP contribution in [-0.2, 0) is 4.79 Å². The molecule has 0 radical (unpaired) electrons. The van der Waals surface area contributed by atoms with E-state index in [1.807, 2.05) is 43.3 Å². The Morgan fingerprint density at radius 3 is 2.70 bits per heavy atom. The van der Waals surface area contributed by atoms with E-state index in [2.05, 4.69) is 15.5 Å². The summed E-state index contributed by atoms with van der Waals surface area (Å²) < 4.78 is 1.64. The molecule has 3 rings (SSSR count). The summed E-state index contributed by atoms with van der Waals surface area (Å²) in [5, 5.41) is 9.86. The predicted octanol–water partition coefficient (Wildman–Crippen LogP) is 1.70. The summed E-state index contributed by atoms with van der Waals surface area (Å²) in [6.45, 7) is 0. The Labute approximate surface area is 138 Å². The van der Waals surface area contributed by atoms with Gasteiger partial charge in [0.25, 0.3) is 0 Å². The van der Waals surface area contributed by atoms with Crippen molar-refractivity contribution in [2.24, 2.45) is 0 Å². The van der Waals surface area contributed by atoms with Crippen LogP contribution in [0.5, 0.6) is 0 Å². The van der Waals surface area contributed by atoms with Crippen LogP contribution < -0.4 is 15.9 Å². The van der Waals surface area contributed by atoms with Crippen molar-refractivity contribution < 1.29 is 4.79 Å². The number of benzene rings is 1. The van der Waals surface area contributed by atoms with Crippen molar-refractivity contribution in [1.82, 2.24) is 14.8 Å². The predicted molar refractivity (Wildman–Crippen MR) is 91.2 cm³/mol. The lowest BCUT2D eigenvalue weighted by Gasteiger charge is -2.13. The van der Waals surface area contributed by atoms with Gasteiger partial charge in [-0.05, 0) is 37.1 Å². The zero-order chi connectivity index (χ0) is 16.4. The monoisotopic (exact) mass is 333 g/mol. The number of hydrogen-bond donors (Lipinski definition) is 2. The first kappa shape index (κ1) is 15.7. The fourth-order valence-corrected chi connectivity index (χ4v) is 3.03. The second kappa shape index (κ2) is 6.49. The van der Waals surface area contributed by atoms with Gasteiger partial charge in [0.1, 0.15) is 0 Å². The Hall–Kier alpha value is -2.22. The molecule has 1 aromatic carbocycles. The van der Waals surface area contributed by atoms with Gasteiger partial charge < -0.3 is 10.2 Å². The molecule has 1 aliphatic carbocycles. The van der Waals surface area contributed by atoms with E-state index in [0.717, 1.165) is 24.2 Å². The topological polar surface area (TPSA) is 83.0 Å². The van der Waals surface area contributed by atoms with Crippen molar-refractivity contribution in [1.29, 1.82) is 0 Å². The molecule has 0 saturated heterocycles. The number of carbonyl (C=O) groups excluding carboxylic acids is 1. The van der Waals surface area contributed by atoms with Crippen molar-refractivity contribution in [3.05, 3.63) is 34.7 Å². The minimum Gasteiger partial charge on any atom is -0.378 e. The van der Waals surface area contributed by atoms with Gasteiger partial charge in [-0.3, -0.25) is 9.36 Å². The molecular formula is C15H19N5O2S. The molecule has 1 aliphatic rings. The second-order valence-electron chi connectivity index (χ2n) is 5.69. The average molecular weight is 333 g/mol. The van der Waals surface area contributed by atoms with E-state index in [4.69, 9.17) is 0 Å². The highest BCUT2D eigenvalue weighted by atomic mass is 32.2. The summed E-state index contributed by atoms with van der Waals surface area (Å²) in [6.07, 6.45) is 1.99. The van der Waals surface area contributed by atoms with Crippen LogP contribution in [0.3, 0.4) is 0 Å². The first-order valence-corrected chi connectivity index (χ1v) is 8.40. The lowest BCUT2D eigenvalue weighted by atomic mass is 10.2. The molecule has 8 heteroatoms. The Kier molecular flexibility index (Phi) is 4.42. The number of amides is 1. The fourth-order valence-electron chi connectivity index (χ4n) is 2.22. The van der Waals surface area contributed by atoms with Gasteiger partial charge in [0.05, 0.1) is 5.75 Å². The molecule has 1 heterocycles. The normalized spacial score (nSPS) is 13.8. The molecular weight excluding hydrogens is 314 g/mol. The third kappa shape index (κ3) is 3.76. The second-order valence-corrected chi connectivity index (χ2v) is 6.63. The SMILES string of the molecule is CN(C)c1ccc(NC(=O)CSc2n[nH]c(=O)n2C2CC2)cc1. The van der Waals surface area contributed by atoms with E-state index < -0.39 is 0 Å². The number of rotatable bonds is 6. The van der Waals surface area contributed by atoms with Crippen molar-refractivity contribution >= 4 is 29.0 Å². The van der Waals surface area contributed by atoms with E-state index in [0.29, 0.717) is 5.16 Å². The van der Waals surface area contributed by atoms with Gasteiger partial charge in [0.15, 0.2) is 5.16 Å². The van der Waals surface area contributed by atoms with Gasteiger partial charge >= 0.3 is 5.69 Å². The zero-order valence-electron chi connectivity index (χ0n) is 13.1. The summed E-state index contributed by atoms with van der Waals surface area (Å²) >= 11 is 1.27. The van der Waals surface area contributed by atoms with Gasteiger partial charge in [-0.25, -0.2) is 9.89 Å². The molecule has 1 saturated carbocycles. The highest BCUT2D eigenvalue weighted by Crippen LogP contribution is 2.35. The largest absolute Gasteiger partial charge is 0.378 e. The Bertz CT molecular complexity index is 746. The standard InChI is InChI=1S/C15H19N5O2S/c1-19(2)11-5-3-10(4-6-11)16-13(21)9-23-15-18-17-14(22)20(15)12-7-8-12/h3-6,12H,7-9H2,1-2H3,(H,16,21)(H,17,22). The van der Waals surface area contributed by atoms with Crippen LogP contribution in [0.15, 0.2) is 34.2 Å². The summed E-state index contributed by atoms with van der Waals surface area (Å²) in [6, 6.07) is 7.87. The molecule has 1 amide bonds. The average Bonchev–Trinajstić information content (AvgIpc) is 3.29. The van der Waals surface area contributed by atoms with Crippen molar-refractivity contribution in [2.75, 3.05) is 30.1 Å². The summed E-state index contributed by atoms with van der Waals surface area (Å²) in [5.41, 5.74) is 1.62. The van der Waals surface area contributed by atoms with Gasteiger partial charge in [0, 0.05) is 31.5 Å². The van der Waals surface area contributed by atoms with E-state index in [-0.39, 0.29) is 23.4 Å². The number of thioether (sulfide) groups is 1. The van der Waals surface area contributed by atoms with Gasteiger partial charge in [-0.15, -0.1) is 5.10 Å². The number of aromatic amines is 1. The smallest absolute Gasteiger partial charge is 0.344 e. The Morgan fingerprint density at radius 1 is 1.39 bits per heavy atom. The number of nitrogens with one attached hydrogen (secondary N) is 2. The quantitative estimate of drug-likeness (QED) is 0.786. The number of carbonyl (C=O) groups is 1. The first-order valence-electron chi connectivity index (χ1n) is 7.41. The van der Waals surface area contributed by atoms with Crippen LogP contribution in [0.1, 0.15) is 18.9 Å². The molecule has 0 unspecified atom stereocenters. The number of H-pyrrole nitrogens is 1. The number of hydrogen-bond acceptors (Lipinski definition) is 5. The van der Waals surface area contributed by atoms with E-state index in [1.54, 1.807) is 4.57 Å². The van der Waals surface area contributed by atoms with Gasteiger partial charge in [-0.2, -0.15) is 0 Å². The number of aromatic nitrogens is 3. The van der Waals surface area contributed by atoms with Crippen molar-refractivity contribution in [3.8, 4) is 0 Å². The molecule has 0 bridgehead atoms. The molecule has 23 heavy (non-hydrogen) atoms. The minimum atomic E-state index is -0.199. The summed E-state index contributed by atoms with van der Waals surface area (Å²) in [4.78, 5) is 25.7. The minimum absolute atomic E-state index is 0.120. The van der Waals surface area contributed by atoms with Crippen LogP contribution in [0.25, 0.3) is 0 Å². The van der Waals surface area contributed by atoms with E-state index >= 15 is 0 Å². The maximum absolute atomic E-state index is 12.0. The first-order chi connectivity index (χ1) is 11.0. The van der Waals surface area contributed by atoms with E-state index in [9.17, 15) is 9.59 Å². The summed E-state index contributed by atoms with van der Waals surface area (Å²) in [7, 11) is 3.93. The van der Waals surface area contributed by atoms with E-state index in [1.165, 1.54) is 11.8 Å². The molecule has 1 fully saturated rings. The van der Waals surface area contributed by atoms with Gasteiger partial charge in [0.2, 0.25) is 5.91 Å². The van der Waals surface area contributed by atoms with Crippen LogP contribution >= 0.6 is 11.8 Å². The molecule has 1 aromatic heterocycles. The Balaban J connectivity index is 1.56. The molecule has 7 nitrogen and oxygen atoms in total. The molecule has 2 aromatic rings. The summed E-state index contributed by atoms with van der Waals surface area (Å²) in [5.74, 6) is 0.0947. The molecule has 122 valence electrons. The number of nitrogens with zero attached hydrogens (tertiary/aromatic N) is 3. The van der Waals surface area contributed by atoms with Crippen molar-refractivity contribution in [3.63, 3.8) is 0 Å². The zero-order valence-corrected chi connectivity index (χ0v) is 13.9. The third-order valence-corrected chi connectivity index (χ3v) is 4.54. The van der Waals surface area contributed by atoms with Crippen LogP contribution in [0, 0.1) is 0 Å². The Morgan fingerprint density at radius 2 is 2.09 bits per heavy atom. The highest BCUT2D eigenvalue weighted by molar-refractivity contribution is 7.99. The molecule has 0 atom stereocenters. The number of anilines is 2. The highest BCUT2D eigenvalue weighted by Gasteiger charge is 2.28. The maximum atomic E-state index is 12.0. The molecule has 0 aliphatic heterocycles.